The lowest BCUT2D eigenvalue weighted by molar-refractivity contribution is 0.00871. The minimum absolute atomic E-state index is 0.176. The highest BCUT2D eigenvalue weighted by molar-refractivity contribution is 7.92. The van der Waals surface area contributed by atoms with E-state index in [4.69, 9.17) is 14.2 Å². The number of aliphatic hydroxyl groups is 1. The Balaban J connectivity index is 1.48. The number of hydrogen-bond donors (Lipinski definition) is 2. The molecule has 2 aliphatic rings. The molecular formula is C23H25FN4O5S. The molecule has 2 aliphatic heterocycles. The maximum absolute atomic E-state index is 14.1. The number of fused-ring (bicyclic) bond motifs is 2. The molecule has 3 aromatic rings. The van der Waals surface area contributed by atoms with Crippen molar-refractivity contribution < 1.29 is 27.9 Å². The van der Waals surface area contributed by atoms with Crippen molar-refractivity contribution in [2.24, 2.45) is 4.36 Å². The second kappa shape index (κ2) is 8.73. The molecule has 3 heterocycles. The number of aliphatic hydroxyl groups excluding tert-OH is 1. The molecule has 2 saturated heterocycles. The van der Waals surface area contributed by atoms with Gasteiger partial charge in [0.1, 0.15) is 42.0 Å². The molecule has 180 valence electrons. The molecule has 0 saturated carbocycles. The van der Waals surface area contributed by atoms with Gasteiger partial charge in [0.15, 0.2) is 6.10 Å². The van der Waals surface area contributed by atoms with Crippen molar-refractivity contribution in [3.8, 4) is 5.75 Å². The molecule has 2 aromatic carbocycles. The van der Waals surface area contributed by atoms with E-state index in [0.717, 1.165) is 10.9 Å². The predicted octanol–water partition coefficient (Wildman–Crippen LogP) is 3.09. The Kier molecular flexibility index (Phi) is 5.88. The Morgan fingerprint density at radius 3 is 2.76 bits per heavy atom. The molecule has 11 heteroatoms. The highest BCUT2D eigenvalue weighted by Gasteiger charge is 2.48. The zero-order valence-corrected chi connectivity index (χ0v) is 19.7. The summed E-state index contributed by atoms with van der Waals surface area (Å²) < 4.78 is 47.8. The third-order valence-electron chi connectivity index (χ3n) is 5.70. The summed E-state index contributed by atoms with van der Waals surface area (Å²) in [6, 6.07) is 7.75. The highest BCUT2D eigenvalue weighted by atomic mass is 32.2. The first-order valence-corrected chi connectivity index (χ1v) is 13.1. The summed E-state index contributed by atoms with van der Waals surface area (Å²) in [6.07, 6.45) is 2.48. The minimum atomic E-state index is -2.32. The Hall–Kier alpha value is -2.86. The van der Waals surface area contributed by atoms with Gasteiger partial charge in [0.05, 0.1) is 30.1 Å². The van der Waals surface area contributed by atoms with Crippen molar-refractivity contribution in [1.29, 1.82) is 0 Å². The third kappa shape index (κ3) is 4.56. The Labute approximate surface area is 196 Å². The molecule has 1 unspecified atom stereocenters. The fraction of sp³-hybridized carbons (Fsp3) is 0.391. The summed E-state index contributed by atoms with van der Waals surface area (Å²) in [6.45, 7) is 2.29. The van der Waals surface area contributed by atoms with Crippen molar-refractivity contribution in [2.75, 3.05) is 31.0 Å². The zero-order chi connectivity index (χ0) is 24.0. The summed E-state index contributed by atoms with van der Waals surface area (Å²) in [5.74, 6) is 0.320. The van der Waals surface area contributed by atoms with Gasteiger partial charge in [-0.1, -0.05) is 0 Å². The number of hydrogen-bond acceptors (Lipinski definition) is 9. The lowest BCUT2D eigenvalue weighted by atomic mass is 10.1. The number of ether oxygens (including phenoxy) is 3. The summed E-state index contributed by atoms with van der Waals surface area (Å²) in [7, 11) is -2.32. The summed E-state index contributed by atoms with van der Waals surface area (Å²) in [5.41, 5.74) is 2.55. The standard InChI is InChI=1S/C23H25FN4O5S/c1-12-6-14(28-34(2,3)30)8-16-20(12)23(26-11-25-16)27-15-5-4-13(24)7-18(15)33-19-10-32-21-17(29)9-31-22(19)21/h4-8,11,17,19,21-22,29H,9-10H2,1-3H3,(H,25,26,27)/t17-,19+,21+,22?/m0/s1. The smallest absolute Gasteiger partial charge is 0.151 e. The van der Waals surface area contributed by atoms with Gasteiger partial charge in [0.2, 0.25) is 0 Å². The lowest BCUT2D eigenvalue weighted by Crippen LogP contribution is -2.34. The number of benzene rings is 2. The number of aryl methyl sites for hydroxylation is 1. The highest BCUT2D eigenvalue weighted by Crippen LogP contribution is 2.36. The van der Waals surface area contributed by atoms with E-state index in [0.29, 0.717) is 22.7 Å². The van der Waals surface area contributed by atoms with E-state index in [2.05, 4.69) is 19.6 Å². The maximum Gasteiger partial charge on any atom is 0.151 e. The predicted molar refractivity (Wildman–Crippen MR) is 126 cm³/mol. The fourth-order valence-electron chi connectivity index (χ4n) is 4.31. The topological polar surface area (TPSA) is 115 Å². The van der Waals surface area contributed by atoms with E-state index in [-0.39, 0.29) is 19.0 Å². The molecule has 0 aliphatic carbocycles. The van der Waals surface area contributed by atoms with E-state index in [1.54, 1.807) is 24.6 Å². The largest absolute Gasteiger partial charge is 0.483 e. The number of nitrogens with zero attached hydrogens (tertiary/aromatic N) is 3. The molecular weight excluding hydrogens is 463 g/mol. The number of rotatable bonds is 5. The van der Waals surface area contributed by atoms with Crippen LogP contribution in [0.1, 0.15) is 5.56 Å². The fourth-order valence-corrected chi connectivity index (χ4v) is 4.92. The second-order valence-corrected chi connectivity index (χ2v) is 11.3. The first kappa shape index (κ1) is 22.9. The number of anilines is 2. The van der Waals surface area contributed by atoms with Crippen LogP contribution in [0.3, 0.4) is 0 Å². The zero-order valence-electron chi connectivity index (χ0n) is 18.9. The minimum Gasteiger partial charge on any atom is -0.483 e. The number of nitrogens with one attached hydrogen (secondary N) is 1. The van der Waals surface area contributed by atoms with Crippen molar-refractivity contribution in [3.63, 3.8) is 0 Å². The Morgan fingerprint density at radius 1 is 1.18 bits per heavy atom. The van der Waals surface area contributed by atoms with Crippen molar-refractivity contribution in [1.82, 2.24) is 9.97 Å². The van der Waals surface area contributed by atoms with Gasteiger partial charge in [0, 0.05) is 33.7 Å². The van der Waals surface area contributed by atoms with Crippen LogP contribution in [0.5, 0.6) is 5.75 Å². The Morgan fingerprint density at radius 2 is 1.97 bits per heavy atom. The lowest BCUT2D eigenvalue weighted by Gasteiger charge is -2.21. The summed E-state index contributed by atoms with van der Waals surface area (Å²) >= 11 is 0. The van der Waals surface area contributed by atoms with Crippen LogP contribution in [-0.4, -0.2) is 69.4 Å². The summed E-state index contributed by atoms with van der Waals surface area (Å²) in [5, 5.41) is 14.0. The second-order valence-electron chi connectivity index (χ2n) is 8.74. The monoisotopic (exact) mass is 488 g/mol. The number of aromatic nitrogens is 2. The van der Waals surface area contributed by atoms with Gasteiger partial charge in [-0.15, -0.1) is 0 Å². The van der Waals surface area contributed by atoms with Gasteiger partial charge in [0.25, 0.3) is 0 Å². The molecule has 0 radical (unpaired) electrons. The van der Waals surface area contributed by atoms with Gasteiger partial charge in [-0.05, 0) is 36.8 Å². The third-order valence-corrected chi connectivity index (χ3v) is 6.35. The molecule has 9 nitrogen and oxygen atoms in total. The Bertz CT molecular complexity index is 1370. The maximum atomic E-state index is 14.1. The van der Waals surface area contributed by atoms with Crippen LogP contribution in [0, 0.1) is 12.7 Å². The van der Waals surface area contributed by atoms with Gasteiger partial charge in [-0.25, -0.2) is 18.6 Å². The van der Waals surface area contributed by atoms with Crippen LogP contribution in [0.15, 0.2) is 41.0 Å². The quantitative estimate of drug-likeness (QED) is 0.563. The van der Waals surface area contributed by atoms with E-state index in [1.165, 1.54) is 18.5 Å². The SMILES string of the molecule is Cc1cc(N=S(C)(C)=O)cc2ncnc(Nc3ccc(F)cc3O[C@@H]3CO[C@H]4C3OC[C@@H]4O)c12. The molecule has 5 rings (SSSR count). The van der Waals surface area contributed by atoms with E-state index in [9.17, 15) is 13.7 Å². The van der Waals surface area contributed by atoms with Crippen LogP contribution in [-0.2, 0) is 19.2 Å². The molecule has 0 amide bonds. The van der Waals surface area contributed by atoms with E-state index in [1.807, 2.05) is 13.0 Å². The van der Waals surface area contributed by atoms with Gasteiger partial charge >= 0.3 is 0 Å². The average molecular weight is 489 g/mol. The van der Waals surface area contributed by atoms with E-state index < -0.39 is 40.0 Å². The van der Waals surface area contributed by atoms with Crippen molar-refractivity contribution in [3.05, 3.63) is 48.0 Å². The molecule has 0 spiro atoms. The van der Waals surface area contributed by atoms with Crippen LogP contribution in [0.2, 0.25) is 0 Å². The van der Waals surface area contributed by atoms with Crippen molar-refractivity contribution >= 4 is 37.8 Å². The molecule has 1 aromatic heterocycles. The van der Waals surface area contributed by atoms with Gasteiger partial charge in [-0.2, -0.15) is 4.36 Å². The number of halogens is 1. The molecule has 2 N–H and O–H groups in total. The van der Waals surface area contributed by atoms with Gasteiger partial charge in [-0.3, -0.25) is 0 Å². The molecule has 4 atom stereocenters. The van der Waals surface area contributed by atoms with E-state index >= 15 is 0 Å². The average Bonchev–Trinajstić information content (AvgIpc) is 3.32. The first-order valence-electron chi connectivity index (χ1n) is 10.7. The molecule has 2 fully saturated rings. The van der Waals surface area contributed by atoms with Crippen LogP contribution < -0.4 is 10.1 Å². The first-order chi connectivity index (χ1) is 16.2. The van der Waals surface area contributed by atoms with Crippen LogP contribution in [0.4, 0.5) is 21.6 Å². The molecule has 0 bridgehead atoms. The van der Waals surface area contributed by atoms with Gasteiger partial charge < -0.3 is 24.6 Å². The van der Waals surface area contributed by atoms with Crippen LogP contribution in [0.25, 0.3) is 10.9 Å². The molecule has 34 heavy (non-hydrogen) atoms. The summed E-state index contributed by atoms with van der Waals surface area (Å²) in [4.78, 5) is 8.73. The van der Waals surface area contributed by atoms with Crippen molar-refractivity contribution in [2.45, 2.75) is 31.3 Å². The van der Waals surface area contributed by atoms with Crippen LogP contribution >= 0.6 is 0 Å². The normalized spacial score (nSPS) is 24.3.